The number of carbonyl (C=O) groups is 1. The highest BCUT2D eigenvalue weighted by atomic mass is 35.5. The van der Waals surface area contributed by atoms with Crippen molar-refractivity contribution in [3.8, 4) is 5.69 Å². The molecular weight excluding hydrogens is 332 g/mol. The third kappa shape index (κ3) is 4.44. The van der Waals surface area contributed by atoms with Crippen LogP contribution in [0.5, 0.6) is 0 Å². The fraction of sp³-hybridized carbons (Fsp3) is 0.400. The molecule has 3 N–H and O–H groups in total. The van der Waals surface area contributed by atoms with Crippen LogP contribution in [0.4, 0.5) is 10.5 Å². The first kappa shape index (κ1) is 16.7. The molecule has 1 aromatic carbocycles. The van der Waals surface area contributed by atoms with E-state index in [0.29, 0.717) is 36.2 Å². The van der Waals surface area contributed by atoms with Crippen LogP contribution in [0.2, 0.25) is 5.02 Å². The van der Waals surface area contributed by atoms with Gasteiger partial charge in [-0.15, -0.1) is 0 Å². The Bertz CT molecular complexity index is 671. The molecule has 0 saturated carbocycles. The second-order valence-corrected chi connectivity index (χ2v) is 5.92. The lowest BCUT2D eigenvalue weighted by molar-refractivity contribution is 0.123. The summed E-state index contributed by atoms with van der Waals surface area (Å²) >= 11 is 6.04. The summed E-state index contributed by atoms with van der Waals surface area (Å²) in [7, 11) is 0. The molecule has 1 aliphatic rings. The average Bonchev–Trinajstić information content (AvgIpc) is 2.97. The Balaban J connectivity index is 1.62. The minimum Gasteiger partial charge on any atom is -0.380 e. The Kier molecular flexibility index (Phi) is 5.63. The van der Waals surface area contributed by atoms with E-state index < -0.39 is 0 Å². The van der Waals surface area contributed by atoms with Crippen LogP contribution >= 0.6 is 11.6 Å². The number of nitrogens with one attached hydrogen (secondary N) is 3. The van der Waals surface area contributed by atoms with Crippen molar-refractivity contribution in [1.82, 2.24) is 25.4 Å². The zero-order valence-corrected chi connectivity index (χ0v) is 13.8. The van der Waals surface area contributed by atoms with Crippen LogP contribution in [0.25, 0.3) is 5.69 Å². The van der Waals surface area contributed by atoms with Crippen molar-refractivity contribution in [2.45, 2.75) is 0 Å². The molecule has 1 fully saturated rings. The van der Waals surface area contributed by atoms with E-state index in [0.717, 1.165) is 13.1 Å². The number of anilines is 1. The van der Waals surface area contributed by atoms with Crippen LogP contribution in [0.15, 0.2) is 30.9 Å². The number of hydrogen-bond acceptors (Lipinski definition) is 5. The molecule has 1 saturated heterocycles. The van der Waals surface area contributed by atoms with E-state index in [1.807, 2.05) is 0 Å². The zero-order valence-electron chi connectivity index (χ0n) is 13.0. The first-order chi connectivity index (χ1) is 11.7. The van der Waals surface area contributed by atoms with Crippen molar-refractivity contribution in [1.29, 1.82) is 0 Å². The molecule has 0 bridgehead atoms. The molecule has 0 spiro atoms. The van der Waals surface area contributed by atoms with Crippen molar-refractivity contribution < 1.29 is 9.53 Å². The molecule has 3 rings (SSSR count). The second kappa shape index (κ2) is 8.09. The molecule has 128 valence electrons. The zero-order chi connectivity index (χ0) is 16.8. The van der Waals surface area contributed by atoms with Gasteiger partial charge in [0.15, 0.2) is 0 Å². The lowest BCUT2D eigenvalue weighted by Crippen LogP contribution is -2.37. The van der Waals surface area contributed by atoms with Crippen LogP contribution in [-0.2, 0) is 4.74 Å². The molecule has 0 unspecified atom stereocenters. The highest BCUT2D eigenvalue weighted by molar-refractivity contribution is 6.31. The highest BCUT2D eigenvalue weighted by Crippen LogP contribution is 2.23. The SMILES string of the molecule is O=C(NC[C@H]1CNCCOC1)Nc1cc(Cl)ccc1-n1cncn1. The summed E-state index contributed by atoms with van der Waals surface area (Å²) in [6.07, 6.45) is 2.98. The van der Waals surface area contributed by atoms with E-state index in [2.05, 4.69) is 26.0 Å². The van der Waals surface area contributed by atoms with Crippen LogP contribution in [0, 0.1) is 5.92 Å². The standard InChI is InChI=1S/C15H19ClN6O2/c16-12-1-2-14(22-10-18-9-20-22)13(5-12)21-15(23)19-7-11-6-17-3-4-24-8-11/h1-2,5,9-11,17H,3-4,6-8H2,(H2,19,21,23)/t11-/m1/s1. The van der Waals surface area contributed by atoms with E-state index in [1.165, 1.54) is 6.33 Å². The molecular formula is C15H19ClN6O2. The molecule has 8 nitrogen and oxygen atoms in total. The molecule has 24 heavy (non-hydrogen) atoms. The summed E-state index contributed by atoms with van der Waals surface area (Å²) < 4.78 is 7.04. The Morgan fingerprint density at radius 1 is 1.50 bits per heavy atom. The number of aromatic nitrogens is 3. The topological polar surface area (TPSA) is 93.1 Å². The molecule has 9 heteroatoms. The van der Waals surface area contributed by atoms with Gasteiger partial charge in [0, 0.05) is 30.6 Å². The number of hydrogen-bond donors (Lipinski definition) is 3. The fourth-order valence-corrected chi connectivity index (χ4v) is 2.61. The second-order valence-electron chi connectivity index (χ2n) is 5.48. The largest absolute Gasteiger partial charge is 0.380 e. The third-order valence-corrected chi connectivity index (χ3v) is 3.87. The van der Waals surface area contributed by atoms with Gasteiger partial charge in [0.25, 0.3) is 0 Å². The van der Waals surface area contributed by atoms with Crippen LogP contribution < -0.4 is 16.0 Å². The van der Waals surface area contributed by atoms with Crippen molar-refractivity contribution in [2.75, 3.05) is 38.2 Å². The van der Waals surface area contributed by atoms with E-state index in [4.69, 9.17) is 16.3 Å². The van der Waals surface area contributed by atoms with Crippen molar-refractivity contribution >= 4 is 23.3 Å². The predicted octanol–water partition coefficient (Wildman–Crippen LogP) is 1.28. The molecule has 2 amide bonds. The summed E-state index contributed by atoms with van der Waals surface area (Å²) in [5.41, 5.74) is 1.24. The predicted molar refractivity (Wildman–Crippen MR) is 90.6 cm³/mol. The number of benzene rings is 1. The minimum absolute atomic E-state index is 0.243. The molecule has 2 heterocycles. The maximum atomic E-state index is 12.2. The number of halogens is 1. The molecule has 0 aliphatic carbocycles. The lowest BCUT2D eigenvalue weighted by atomic mass is 10.1. The van der Waals surface area contributed by atoms with Crippen LogP contribution in [0.3, 0.4) is 0 Å². The molecule has 1 aromatic heterocycles. The van der Waals surface area contributed by atoms with Gasteiger partial charge >= 0.3 is 6.03 Å². The van der Waals surface area contributed by atoms with Crippen molar-refractivity contribution in [3.63, 3.8) is 0 Å². The van der Waals surface area contributed by atoms with Crippen molar-refractivity contribution in [2.24, 2.45) is 5.92 Å². The van der Waals surface area contributed by atoms with E-state index >= 15 is 0 Å². The summed E-state index contributed by atoms with van der Waals surface area (Å²) in [6.45, 7) is 3.52. The van der Waals surface area contributed by atoms with Gasteiger partial charge in [-0.25, -0.2) is 14.5 Å². The van der Waals surface area contributed by atoms with E-state index in [9.17, 15) is 4.79 Å². The Hall–Kier alpha value is -2.16. The van der Waals surface area contributed by atoms with E-state index in [-0.39, 0.29) is 11.9 Å². The van der Waals surface area contributed by atoms with Gasteiger partial charge in [-0.3, -0.25) is 0 Å². The summed E-state index contributed by atoms with van der Waals surface area (Å²) in [5.74, 6) is 0.243. The van der Waals surface area contributed by atoms with Crippen LogP contribution in [-0.4, -0.2) is 53.6 Å². The summed E-state index contributed by atoms with van der Waals surface area (Å²) in [6, 6.07) is 4.88. The van der Waals surface area contributed by atoms with E-state index in [1.54, 1.807) is 29.2 Å². The maximum Gasteiger partial charge on any atom is 0.319 e. The Morgan fingerprint density at radius 2 is 2.42 bits per heavy atom. The molecule has 0 radical (unpaired) electrons. The fourth-order valence-electron chi connectivity index (χ4n) is 2.43. The van der Waals surface area contributed by atoms with Gasteiger partial charge < -0.3 is 20.7 Å². The molecule has 2 aromatic rings. The first-order valence-corrected chi connectivity index (χ1v) is 8.08. The Morgan fingerprint density at radius 3 is 3.25 bits per heavy atom. The molecule has 1 aliphatic heterocycles. The van der Waals surface area contributed by atoms with Gasteiger partial charge in [-0.1, -0.05) is 11.6 Å². The number of carbonyl (C=O) groups excluding carboxylic acids is 1. The number of rotatable bonds is 4. The highest BCUT2D eigenvalue weighted by Gasteiger charge is 2.14. The lowest BCUT2D eigenvalue weighted by Gasteiger charge is -2.16. The first-order valence-electron chi connectivity index (χ1n) is 7.70. The van der Waals surface area contributed by atoms with Gasteiger partial charge in [-0.2, -0.15) is 5.10 Å². The smallest absolute Gasteiger partial charge is 0.319 e. The quantitative estimate of drug-likeness (QED) is 0.772. The number of nitrogens with zero attached hydrogens (tertiary/aromatic N) is 3. The van der Waals surface area contributed by atoms with Gasteiger partial charge in [0.2, 0.25) is 0 Å². The average molecular weight is 351 g/mol. The summed E-state index contributed by atoms with van der Waals surface area (Å²) in [5, 5.41) is 13.5. The number of ether oxygens (including phenoxy) is 1. The summed E-state index contributed by atoms with van der Waals surface area (Å²) in [4.78, 5) is 16.1. The van der Waals surface area contributed by atoms with Gasteiger partial charge in [0.1, 0.15) is 12.7 Å². The van der Waals surface area contributed by atoms with Crippen molar-refractivity contribution in [3.05, 3.63) is 35.9 Å². The minimum atomic E-state index is -0.303. The number of urea groups is 1. The molecule has 1 atom stereocenters. The third-order valence-electron chi connectivity index (χ3n) is 3.63. The van der Waals surface area contributed by atoms with Gasteiger partial charge in [0.05, 0.1) is 24.6 Å². The normalized spacial score (nSPS) is 18.0. The van der Waals surface area contributed by atoms with Gasteiger partial charge in [-0.05, 0) is 18.2 Å². The Labute approximate surface area is 144 Å². The monoisotopic (exact) mass is 350 g/mol. The number of amides is 2. The van der Waals surface area contributed by atoms with Crippen LogP contribution in [0.1, 0.15) is 0 Å². The maximum absolute atomic E-state index is 12.2.